The fraction of sp³-hybridized carbons (Fsp3) is 0.462. The van der Waals surface area contributed by atoms with Crippen molar-refractivity contribution in [3.63, 3.8) is 0 Å². The van der Waals surface area contributed by atoms with Gasteiger partial charge in [-0.25, -0.2) is 4.39 Å². The van der Waals surface area contributed by atoms with Gasteiger partial charge in [-0.2, -0.15) is 0 Å². The molecule has 1 aliphatic rings. The zero-order valence-corrected chi connectivity index (χ0v) is 10.1. The predicted molar refractivity (Wildman–Crippen MR) is 60.7 cm³/mol. The number of carboxylic acids is 1. The van der Waals surface area contributed by atoms with E-state index in [0.29, 0.717) is 12.0 Å². The van der Waals surface area contributed by atoms with Gasteiger partial charge >= 0.3 is 5.97 Å². The molecule has 0 bridgehead atoms. The molecule has 1 atom stereocenters. The molecule has 0 aliphatic heterocycles. The number of benzene rings is 1. The predicted octanol–water partition coefficient (Wildman–Crippen LogP) is 2.59. The lowest BCUT2D eigenvalue weighted by Crippen LogP contribution is -2.26. The van der Waals surface area contributed by atoms with Gasteiger partial charge in [0.1, 0.15) is 5.41 Å². The maximum absolute atomic E-state index is 13.6. The maximum atomic E-state index is 13.6. The van der Waals surface area contributed by atoms with Crippen molar-refractivity contribution < 1.29 is 19.0 Å². The van der Waals surface area contributed by atoms with Gasteiger partial charge in [-0.15, -0.1) is 0 Å². The molecule has 1 aromatic carbocycles. The molecule has 3 nitrogen and oxygen atoms in total. The van der Waals surface area contributed by atoms with E-state index in [-0.39, 0.29) is 11.2 Å². The van der Waals surface area contributed by atoms with E-state index >= 15 is 0 Å². The number of carbonyl (C=O) groups is 1. The molecule has 0 aromatic heterocycles. The molecule has 92 valence electrons. The average Bonchev–Trinajstić information content (AvgIpc) is 2.83. The molecule has 1 aliphatic carbocycles. The van der Waals surface area contributed by atoms with Crippen LogP contribution in [0.4, 0.5) is 4.39 Å². The summed E-state index contributed by atoms with van der Waals surface area (Å²) in [6, 6.07) is 4.42. The summed E-state index contributed by atoms with van der Waals surface area (Å²) in [4.78, 5) is 11.5. The third kappa shape index (κ3) is 1.43. The quantitative estimate of drug-likeness (QED) is 0.880. The highest BCUT2D eigenvalue weighted by Gasteiger charge is 2.68. The Labute approximate surface area is 99.2 Å². The molecule has 1 fully saturated rings. The van der Waals surface area contributed by atoms with E-state index in [1.807, 2.05) is 13.8 Å². The highest BCUT2D eigenvalue weighted by atomic mass is 19.1. The summed E-state index contributed by atoms with van der Waals surface area (Å²) in [5, 5.41) is 9.43. The van der Waals surface area contributed by atoms with Crippen LogP contribution in [0.15, 0.2) is 18.2 Å². The summed E-state index contributed by atoms with van der Waals surface area (Å²) < 4.78 is 18.6. The Morgan fingerprint density at radius 1 is 1.47 bits per heavy atom. The maximum Gasteiger partial charge on any atom is 0.314 e. The van der Waals surface area contributed by atoms with Crippen LogP contribution in [0.25, 0.3) is 0 Å². The van der Waals surface area contributed by atoms with Crippen molar-refractivity contribution in [2.75, 3.05) is 7.11 Å². The summed E-state index contributed by atoms with van der Waals surface area (Å²) in [6.07, 6.45) is 0.495. The van der Waals surface area contributed by atoms with Crippen LogP contribution >= 0.6 is 0 Å². The first-order valence-electron chi connectivity index (χ1n) is 5.43. The molecule has 1 aromatic rings. The van der Waals surface area contributed by atoms with Crippen LogP contribution in [0.1, 0.15) is 25.8 Å². The number of para-hydroxylation sites is 1. The molecule has 2 rings (SSSR count). The first-order chi connectivity index (χ1) is 7.87. The van der Waals surface area contributed by atoms with Gasteiger partial charge in [-0.05, 0) is 17.9 Å². The van der Waals surface area contributed by atoms with Crippen molar-refractivity contribution in [1.29, 1.82) is 0 Å². The third-order valence-electron chi connectivity index (χ3n) is 3.73. The lowest BCUT2D eigenvalue weighted by molar-refractivity contribution is -0.141. The van der Waals surface area contributed by atoms with Crippen LogP contribution in [0.5, 0.6) is 5.75 Å². The summed E-state index contributed by atoms with van der Waals surface area (Å²) in [5.74, 6) is -1.40. The smallest absolute Gasteiger partial charge is 0.314 e. The summed E-state index contributed by atoms with van der Waals surface area (Å²) in [6.45, 7) is 3.73. The number of hydrogen-bond acceptors (Lipinski definition) is 2. The second kappa shape index (κ2) is 3.45. The minimum absolute atomic E-state index is 0.0421. The molecule has 1 N–H and O–H groups in total. The van der Waals surface area contributed by atoms with E-state index in [0.717, 1.165) is 0 Å². The molecular formula is C13H15FO3. The summed E-state index contributed by atoms with van der Waals surface area (Å²) in [7, 11) is 1.35. The minimum Gasteiger partial charge on any atom is -0.493 e. The molecule has 0 saturated heterocycles. The number of hydrogen-bond donors (Lipinski definition) is 1. The molecule has 4 heteroatoms. The van der Waals surface area contributed by atoms with Crippen molar-refractivity contribution >= 4 is 5.97 Å². The van der Waals surface area contributed by atoms with Gasteiger partial charge in [0.05, 0.1) is 7.11 Å². The zero-order valence-electron chi connectivity index (χ0n) is 10.1. The Bertz CT molecular complexity index is 482. The Kier molecular flexibility index (Phi) is 2.42. The van der Waals surface area contributed by atoms with Gasteiger partial charge in [-0.3, -0.25) is 4.79 Å². The number of halogens is 1. The number of ether oxygens (including phenoxy) is 1. The van der Waals surface area contributed by atoms with Gasteiger partial charge in [0.25, 0.3) is 0 Å². The number of aliphatic carboxylic acids is 1. The van der Waals surface area contributed by atoms with Gasteiger partial charge < -0.3 is 9.84 Å². The van der Waals surface area contributed by atoms with Gasteiger partial charge in [-0.1, -0.05) is 26.0 Å². The van der Waals surface area contributed by atoms with Gasteiger partial charge in [0.15, 0.2) is 11.6 Å². The molecule has 0 spiro atoms. The van der Waals surface area contributed by atoms with Crippen LogP contribution in [0.2, 0.25) is 0 Å². The van der Waals surface area contributed by atoms with Crippen LogP contribution in [-0.4, -0.2) is 18.2 Å². The standard InChI is InChI=1S/C13H15FO3/c1-12(2)7-13(12,11(15)16)8-5-4-6-9(14)10(8)17-3/h4-6H,7H2,1-3H3,(H,15,16). The lowest BCUT2D eigenvalue weighted by Gasteiger charge is -2.19. The minimum atomic E-state index is -1.03. The van der Waals surface area contributed by atoms with E-state index in [2.05, 4.69) is 0 Å². The second-order valence-electron chi connectivity index (χ2n) is 5.09. The zero-order chi connectivity index (χ0) is 12.8. The Morgan fingerprint density at radius 2 is 2.06 bits per heavy atom. The van der Waals surface area contributed by atoms with Crippen molar-refractivity contribution in [2.24, 2.45) is 5.41 Å². The van der Waals surface area contributed by atoms with E-state index < -0.39 is 17.2 Å². The van der Waals surface area contributed by atoms with Gasteiger partial charge in [0.2, 0.25) is 0 Å². The molecule has 1 unspecified atom stereocenters. The normalized spacial score (nSPS) is 25.4. The SMILES string of the molecule is COc1c(F)cccc1C1(C(=O)O)CC1(C)C. The molecule has 0 amide bonds. The Morgan fingerprint density at radius 3 is 2.47 bits per heavy atom. The van der Waals surface area contributed by atoms with Crippen LogP contribution in [-0.2, 0) is 10.2 Å². The monoisotopic (exact) mass is 238 g/mol. The van der Waals surface area contributed by atoms with Crippen LogP contribution < -0.4 is 4.74 Å². The van der Waals surface area contributed by atoms with Crippen molar-refractivity contribution in [1.82, 2.24) is 0 Å². The highest BCUT2D eigenvalue weighted by Crippen LogP contribution is 2.66. The molecule has 1 saturated carbocycles. The van der Waals surface area contributed by atoms with Crippen molar-refractivity contribution in [3.05, 3.63) is 29.6 Å². The van der Waals surface area contributed by atoms with Crippen molar-refractivity contribution in [3.8, 4) is 5.75 Å². The highest BCUT2D eigenvalue weighted by molar-refractivity contribution is 5.88. The number of carboxylic acid groups (broad SMARTS) is 1. The molecular weight excluding hydrogens is 223 g/mol. The lowest BCUT2D eigenvalue weighted by atomic mass is 9.87. The molecule has 0 heterocycles. The average molecular weight is 238 g/mol. The fourth-order valence-corrected chi connectivity index (χ4v) is 2.61. The van der Waals surface area contributed by atoms with E-state index in [4.69, 9.17) is 4.74 Å². The summed E-state index contributed by atoms with van der Waals surface area (Å²) in [5.41, 5.74) is -0.974. The van der Waals surface area contributed by atoms with Crippen LogP contribution in [0, 0.1) is 11.2 Å². The van der Waals surface area contributed by atoms with Crippen LogP contribution in [0.3, 0.4) is 0 Å². The third-order valence-corrected chi connectivity index (χ3v) is 3.73. The van der Waals surface area contributed by atoms with Gasteiger partial charge in [0, 0.05) is 5.56 Å². The Hall–Kier alpha value is -1.58. The number of methoxy groups -OCH3 is 1. The topological polar surface area (TPSA) is 46.5 Å². The van der Waals surface area contributed by atoms with E-state index in [1.54, 1.807) is 6.07 Å². The van der Waals surface area contributed by atoms with E-state index in [9.17, 15) is 14.3 Å². The molecule has 0 radical (unpaired) electrons. The summed E-state index contributed by atoms with van der Waals surface area (Å²) >= 11 is 0. The number of rotatable bonds is 3. The van der Waals surface area contributed by atoms with Crippen molar-refractivity contribution in [2.45, 2.75) is 25.7 Å². The second-order valence-corrected chi connectivity index (χ2v) is 5.09. The first kappa shape index (κ1) is 11.9. The fourth-order valence-electron chi connectivity index (χ4n) is 2.61. The molecule has 17 heavy (non-hydrogen) atoms. The first-order valence-corrected chi connectivity index (χ1v) is 5.43. The Balaban J connectivity index is 2.62. The van der Waals surface area contributed by atoms with E-state index in [1.165, 1.54) is 19.2 Å². The largest absolute Gasteiger partial charge is 0.493 e.